The molecule has 0 saturated heterocycles. The van der Waals surface area contributed by atoms with Crippen molar-refractivity contribution in [2.45, 2.75) is 56.0 Å². The van der Waals surface area contributed by atoms with Crippen LogP contribution in [0.1, 0.15) is 44.2 Å². The first-order valence-corrected chi connectivity index (χ1v) is 11.0. The zero-order valence-electron chi connectivity index (χ0n) is 16.7. The van der Waals surface area contributed by atoms with Gasteiger partial charge in [0.05, 0.1) is 16.2 Å². The Hall–Kier alpha value is -2.60. The highest BCUT2D eigenvalue weighted by Gasteiger charge is 2.25. The van der Waals surface area contributed by atoms with Gasteiger partial charge in [0.15, 0.2) is 5.16 Å². The largest absolute Gasteiger partial charge is 0.325 e. The van der Waals surface area contributed by atoms with Crippen LogP contribution in [0.5, 0.6) is 0 Å². The van der Waals surface area contributed by atoms with Gasteiger partial charge >= 0.3 is 0 Å². The number of hydrogen-bond donors (Lipinski definition) is 1. The summed E-state index contributed by atoms with van der Waals surface area (Å²) in [7, 11) is 0. The maximum atomic E-state index is 13.2. The van der Waals surface area contributed by atoms with Crippen LogP contribution in [0, 0.1) is 6.92 Å². The minimum absolute atomic E-state index is 0.00343. The van der Waals surface area contributed by atoms with E-state index in [1.807, 2.05) is 66.9 Å². The van der Waals surface area contributed by atoms with E-state index in [1.54, 1.807) is 0 Å². The highest BCUT2D eigenvalue weighted by Crippen LogP contribution is 2.33. The number of para-hydroxylation sites is 1. The Balaban J connectivity index is 1.64. The molecule has 4 rings (SSSR count). The van der Waals surface area contributed by atoms with Crippen LogP contribution in [0.3, 0.4) is 0 Å². The van der Waals surface area contributed by atoms with Crippen LogP contribution in [-0.2, 0) is 4.79 Å². The molecule has 6 heteroatoms. The molecule has 0 aliphatic heterocycles. The minimum atomic E-state index is -0.378. The van der Waals surface area contributed by atoms with Crippen LogP contribution in [-0.4, -0.2) is 20.7 Å². The maximum absolute atomic E-state index is 13.2. The van der Waals surface area contributed by atoms with Gasteiger partial charge in [-0.05, 0) is 56.5 Å². The summed E-state index contributed by atoms with van der Waals surface area (Å²) in [6.45, 7) is 3.85. The Bertz CT molecular complexity index is 1100. The number of benzene rings is 2. The first-order chi connectivity index (χ1) is 14.0. The normalized spacial score (nSPS) is 15.5. The molecule has 1 aliphatic rings. The van der Waals surface area contributed by atoms with Crippen molar-refractivity contribution in [2.24, 2.45) is 0 Å². The molecule has 1 aromatic heterocycles. The van der Waals surface area contributed by atoms with Crippen molar-refractivity contribution in [3.63, 3.8) is 0 Å². The number of nitrogens with zero attached hydrogens (tertiary/aromatic N) is 2. The molecule has 2 aromatic carbocycles. The lowest BCUT2D eigenvalue weighted by atomic mass is 10.2. The second-order valence-electron chi connectivity index (χ2n) is 7.64. The summed E-state index contributed by atoms with van der Waals surface area (Å²) in [4.78, 5) is 30.8. The second-order valence-corrected chi connectivity index (χ2v) is 8.95. The van der Waals surface area contributed by atoms with Crippen molar-refractivity contribution in [1.82, 2.24) is 9.55 Å². The van der Waals surface area contributed by atoms with Crippen molar-refractivity contribution in [1.29, 1.82) is 0 Å². The third-order valence-electron chi connectivity index (χ3n) is 5.40. The zero-order chi connectivity index (χ0) is 20.4. The smallest absolute Gasteiger partial charge is 0.262 e. The molecule has 1 saturated carbocycles. The number of thioether (sulfide) groups is 1. The number of fused-ring (bicyclic) bond motifs is 1. The van der Waals surface area contributed by atoms with E-state index in [0.717, 1.165) is 36.9 Å². The molecule has 1 atom stereocenters. The van der Waals surface area contributed by atoms with Crippen LogP contribution in [0.25, 0.3) is 10.9 Å². The summed E-state index contributed by atoms with van der Waals surface area (Å²) < 4.78 is 1.83. The van der Waals surface area contributed by atoms with E-state index < -0.39 is 0 Å². The number of rotatable bonds is 5. The molecular formula is C23H25N3O2S. The summed E-state index contributed by atoms with van der Waals surface area (Å²) in [6, 6.07) is 15.3. The van der Waals surface area contributed by atoms with Crippen molar-refractivity contribution < 1.29 is 4.79 Å². The molecule has 0 radical (unpaired) electrons. The summed E-state index contributed by atoms with van der Waals surface area (Å²) in [5.74, 6) is -0.0963. The zero-order valence-corrected chi connectivity index (χ0v) is 17.5. The van der Waals surface area contributed by atoms with E-state index in [1.165, 1.54) is 11.8 Å². The Morgan fingerprint density at radius 2 is 1.93 bits per heavy atom. The summed E-state index contributed by atoms with van der Waals surface area (Å²) >= 11 is 1.36. The fourth-order valence-electron chi connectivity index (χ4n) is 3.87. The van der Waals surface area contributed by atoms with Gasteiger partial charge in [0.2, 0.25) is 5.91 Å². The minimum Gasteiger partial charge on any atom is -0.325 e. The SMILES string of the molecule is Cc1cccc(NC(=O)[C@@H](C)Sc2nc3ccccc3c(=O)n2C2CCCC2)c1. The number of nitrogens with one attached hydrogen (secondary N) is 1. The van der Waals surface area contributed by atoms with Crippen molar-refractivity contribution in [2.75, 3.05) is 5.32 Å². The van der Waals surface area contributed by atoms with Gasteiger partial charge in [-0.15, -0.1) is 0 Å². The molecule has 0 spiro atoms. The van der Waals surface area contributed by atoms with Gasteiger partial charge in [-0.2, -0.15) is 0 Å². The van der Waals surface area contributed by atoms with Gasteiger partial charge in [-0.25, -0.2) is 4.98 Å². The molecule has 1 fully saturated rings. The van der Waals surface area contributed by atoms with Gasteiger partial charge in [0.25, 0.3) is 5.56 Å². The number of aromatic nitrogens is 2. The monoisotopic (exact) mass is 407 g/mol. The molecule has 3 aromatic rings. The standard InChI is InChI=1S/C23H25N3O2S/c1-15-8-7-9-17(14-15)24-21(27)16(2)29-23-25-20-13-6-5-12-19(20)22(28)26(23)18-10-3-4-11-18/h5-9,12-14,16,18H,3-4,10-11H2,1-2H3,(H,24,27)/t16-/m1/s1. The van der Waals surface area contributed by atoms with Gasteiger partial charge < -0.3 is 5.32 Å². The lowest BCUT2D eigenvalue weighted by Crippen LogP contribution is -2.29. The number of aryl methyl sites for hydroxylation is 1. The van der Waals surface area contributed by atoms with Crippen molar-refractivity contribution in [3.05, 3.63) is 64.4 Å². The summed E-state index contributed by atoms with van der Waals surface area (Å²) in [5.41, 5.74) is 2.55. The van der Waals surface area contributed by atoms with E-state index in [-0.39, 0.29) is 22.8 Å². The number of carbonyl (C=O) groups excluding carboxylic acids is 1. The maximum Gasteiger partial charge on any atom is 0.262 e. The van der Waals surface area contributed by atoms with E-state index in [9.17, 15) is 9.59 Å². The number of carbonyl (C=O) groups is 1. The predicted molar refractivity (Wildman–Crippen MR) is 119 cm³/mol. The molecule has 1 N–H and O–H groups in total. The van der Waals surface area contributed by atoms with E-state index in [0.29, 0.717) is 16.1 Å². The number of amides is 1. The molecule has 1 heterocycles. The fourth-order valence-corrected chi connectivity index (χ4v) is 4.85. The second kappa shape index (κ2) is 8.41. The van der Waals surface area contributed by atoms with Crippen LogP contribution in [0.15, 0.2) is 58.5 Å². The first kappa shape index (κ1) is 19.7. The summed E-state index contributed by atoms with van der Waals surface area (Å²) in [5, 5.41) is 3.86. The van der Waals surface area contributed by atoms with Gasteiger partial charge in [-0.3, -0.25) is 14.2 Å². The topological polar surface area (TPSA) is 64.0 Å². The van der Waals surface area contributed by atoms with Gasteiger partial charge in [0, 0.05) is 11.7 Å². The first-order valence-electron chi connectivity index (χ1n) is 10.1. The van der Waals surface area contributed by atoms with Crippen LogP contribution in [0.2, 0.25) is 0 Å². The average molecular weight is 408 g/mol. The van der Waals surface area contributed by atoms with Gasteiger partial charge in [-0.1, -0.05) is 48.9 Å². The van der Waals surface area contributed by atoms with E-state index in [2.05, 4.69) is 5.32 Å². The predicted octanol–water partition coefficient (Wildman–Crippen LogP) is 4.94. The summed E-state index contributed by atoms with van der Waals surface area (Å²) in [6.07, 6.45) is 4.21. The fraction of sp³-hybridized carbons (Fsp3) is 0.348. The molecule has 1 aliphatic carbocycles. The highest BCUT2D eigenvalue weighted by molar-refractivity contribution is 8.00. The molecule has 150 valence electrons. The number of anilines is 1. The van der Waals surface area contributed by atoms with Crippen molar-refractivity contribution >= 4 is 34.3 Å². The molecule has 0 unspecified atom stereocenters. The van der Waals surface area contributed by atoms with Gasteiger partial charge in [0.1, 0.15) is 0 Å². The molecule has 0 bridgehead atoms. The molecule has 5 nitrogen and oxygen atoms in total. The van der Waals surface area contributed by atoms with Crippen LogP contribution < -0.4 is 10.9 Å². The van der Waals surface area contributed by atoms with E-state index in [4.69, 9.17) is 4.98 Å². The third kappa shape index (κ3) is 4.22. The Labute approximate surface area is 174 Å². The highest BCUT2D eigenvalue weighted by atomic mass is 32.2. The van der Waals surface area contributed by atoms with Crippen LogP contribution in [0.4, 0.5) is 5.69 Å². The molecule has 29 heavy (non-hydrogen) atoms. The lowest BCUT2D eigenvalue weighted by molar-refractivity contribution is -0.115. The third-order valence-corrected chi connectivity index (χ3v) is 6.47. The van der Waals surface area contributed by atoms with E-state index >= 15 is 0 Å². The van der Waals surface area contributed by atoms with Crippen molar-refractivity contribution in [3.8, 4) is 0 Å². The Morgan fingerprint density at radius 1 is 1.17 bits per heavy atom. The lowest BCUT2D eigenvalue weighted by Gasteiger charge is -2.20. The molecule has 1 amide bonds. The Kier molecular flexibility index (Phi) is 5.72. The quantitative estimate of drug-likeness (QED) is 0.481. The average Bonchev–Trinajstić information content (AvgIpc) is 3.22. The number of hydrogen-bond acceptors (Lipinski definition) is 4. The van der Waals surface area contributed by atoms with Crippen LogP contribution >= 0.6 is 11.8 Å². The molecular weight excluding hydrogens is 382 g/mol. The Morgan fingerprint density at radius 3 is 2.69 bits per heavy atom.